The minimum absolute atomic E-state index is 0.591. The molecule has 0 aromatic carbocycles. The van der Waals surface area contributed by atoms with Gasteiger partial charge in [0, 0.05) is 10.9 Å². The zero-order chi connectivity index (χ0) is 11.8. The molecule has 0 saturated heterocycles. The molecule has 0 unspecified atom stereocenters. The van der Waals surface area contributed by atoms with Crippen molar-refractivity contribution in [3.63, 3.8) is 0 Å². The van der Waals surface area contributed by atoms with Gasteiger partial charge in [0.25, 0.3) is 0 Å². The van der Waals surface area contributed by atoms with Crippen molar-refractivity contribution in [3.05, 3.63) is 46.2 Å². The Morgan fingerprint density at radius 1 is 1.33 bits per heavy atom. The number of rotatable bonds is 6. The summed E-state index contributed by atoms with van der Waals surface area (Å²) < 4.78 is 6.28. The summed E-state index contributed by atoms with van der Waals surface area (Å²) in [5, 5.41) is 0.627. The van der Waals surface area contributed by atoms with Crippen LogP contribution in [0.4, 0.5) is 0 Å². The molecular weight excluding hydrogens is 275 g/mol. The second-order valence-electron chi connectivity index (χ2n) is 3.23. The van der Waals surface area contributed by atoms with Gasteiger partial charge in [-0.3, -0.25) is 0 Å². The van der Waals surface area contributed by atoms with Gasteiger partial charge in [-0.05, 0) is 26.0 Å². The van der Waals surface area contributed by atoms with Gasteiger partial charge in [-0.25, -0.2) is 0 Å². The van der Waals surface area contributed by atoms with Gasteiger partial charge in [-0.2, -0.15) is 0 Å². The van der Waals surface area contributed by atoms with Crippen molar-refractivity contribution >= 4 is 27.5 Å². The molecule has 0 bridgehead atoms. The molecule has 1 nitrogen and oxygen atoms in total. The minimum Gasteiger partial charge on any atom is -0.492 e. The van der Waals surface area contributed by atoms with Crippen molar-refractivity contribution in [3.8, 4) is 0 Å². The summed E-state index contributed by atoms with van der Waals surface area (Å²) >= 11 is 9.11. The van der Waals surface area contributed by atoms with Gasteiger partial charge in [0.2, 0.25) is 0 Å². The van der Waals surface area contributed by atoms with Crippen LogP contribution in [-0.2, 0) is 4.74 Å². The minimum atomic E-state index is 0.591. The molecule has 0 atom stereocenters. The van der Waals surface area contributed by atoms with E-state index < -0.39 is 0 Å². The molecule has 0 rings (SSSR count). The van der Waals surface area contributed by atoms with Crippen LogP contribution in [-0.4, -0.2) is 6.61 Å². The summed E-state index contributed by atoms with van der Waals surface area (Å²) in [5.74, 6) is 0.665. The summed E-state index contributed by atoms with van der Waals surface area (Å²) in [5.41, 5.74) is 1.09. The fourth-order valence-corrected chi connectivity index (χ4v) is 1.01. The van der Waals surface area contributed by atoms with E-state index in [1.807, 2.05) is 6.92 Å². The number of ether oxygens (including phenoxy) is 1. The van der Waals surface area contributed by atoms with Crippen molar-refractivity contribution in [2.24, 2.45) is 0 Å². The highest BCUT2D eigenvalue weighted by Gasteiger charge is 1.98. The maximum absolute atomic E-state index is 5.88. The molecular formula is C12H16BrClO. The Hall–Kier alpha value is -0.470. The van der Waals surface area contributed by atoms with E-state index in [2.05, 4.69) is 29.1 Å². The van der Waals surface area contributed by atoms with E-state index in [1.54, 1.807) is 19.1 Å². The van der Waals surface area contributed by atoms with Crippen LogP contribution in [0.15, 0.2) is 46.2 Å². The van der Waals surface area contributed by atoms with E-state index in [1.165, 1.54) is 0 Å². The van der Waals surface area contributed by atoms with Gasteiger partial charge in [-0.1, -0.05) is 39.7 Å². The molecule has 0 fully saturated rings. The molecule has 0 N–H and O–H groups in total. The molecule has 84 valence electrons. The van der Waals surface area contributed by atoms with E-state index >= 15 is 0 Å². The van der Waals surface area contributed by atoms with Crippen LogP contribution in [0.5, 0.6) is 0 Å². The topological polar surface area (TPSA) is 9.23 Å². The largest absolute Gasteiger partial charge is 0.492 e. The maximum atomic E-state index is 5.88. The van der Waals surface area contributed by atoms with Crippen molar-refractivity contribution in [2.75, 3.05) is 6.61 Å². The Labute approximate surface area is 105 Å². The zero-order valence-electron chi connectivity index (χ0n) is 9.15. The summed E-state index contributed by atoms with van der Waals surface area (Å²) in [7, 11) is 0. The molecule has 0 aliphatic carbocycles. The van der Waals surface area contributed by atoms with Crippen LogP contribution in [0.3, 0.4) is 0 Å². The molecule has 0 saturated carbocycles. The van der Waals surface area contributed by atoms with Crippen LogP contribution in [0.25, 0.3) is 0 Å². The lowest BCUT2D eigenvalue weighted by molar-refractivity contribution is 0.226. The third-order valence-corrected chi connectivity index (χ3v) is 1.99. The molecule has 0 aromatic rings. The molecule has 0 spiro atoms. The number of hydrogen-bond donors (Lipinski definition) is 0. The van der Waals surface area contributed by atoms with Gasteiger partial charge in [0.15, 0.2) is 0 Å². The lowest BCUT2D eigenvalue weighted by Gasteiger charge is -2.07. The number of allylic oxidation sites excluding steroid dienone is 4. The first-order valence-corrected chi connectivity index (χ1v) is 5.76. The Kier molecular flexibility index (Phi) is 7.53. The monoisotopic (exact) mass is 290 g/mol. The van der Waals surface area contributed by atoms with Gasteiger partial charge in [0.1, 0.15) is 5.76 Å². The molecule has 0 amide bonds. The second-order valence-corrected chi connectivity index (χ2v) is 4.82. The van der Waals surface area contributed by atoms with Crippen molar-refractivity contribution in [1.82, 2.24) is 0 Å². The first-order chi connectivity index (χ1) is 6.93. The second kappa shape index (κ2) is 7.77. The normalized spacial score (nSPS) is 12.5. The van der Waals surface area contributed by atoms with E-state index in [-0.39, 0.29) is 0 Å². The first kappa shape index (κ1) is 14.5. The fourth-order valence-electron chi connectivity index (χ4n) is 0.764. The molecule has 15 heavy (non-hydrogen) atoms. The van der Waals surface area contributed by atoms with E-state index in [9.17, 15) is 0 Å². The predicted molar refractivity (Wildman–Crippen MR) is 71.1 cm³/mol. The van der Waals surface area contributed by atoms with Crippen molar-refractivity contribution < 1.29 is 4.74 Å². The van der Waals surface area contributed by atoms with E-state index in [0.29, 0.717) is 17.4 Å². The van der Waals surface area contributed by atoms with Crippen LogP contribution < -0.4 is 0 Å². The molecule has 0 aromatic heterocycles. The van der Waals surface area contributed by atoms with E-state index in [4.69, 9.17) is 16.3 Å². The van der Waals surface area contributed by atoms with Crippen LogP contribution >= 0.6 is 27.5 Å². The highest BCUT2D eigenvalue weighted by atomic mass is 79.9. The average Bonchev–Trinajstić information content (AvgIpc) is 2.09. The average molecular weight is 292 g/mol. The predicted octanol–water partition coefficient (Wildman–Crippen LogP) is 4.90. The molecule has 0 aliphatic rings. The van der Waals surface area contributed by atoms with Gasteiger partial charge in [0.05, 0.1) is 11.6 Å². The molecule has 0 heterocycles. The summed E-state index contributed by atoms with van der Waals surface area (Å²) in [6.45, 7) is 11.8. The quantitative estimate of drug-likeness (QED) is 0.384. The van der Waals surface area contributed by atoms with Crippen LogP contribution in [0.2, 0.25) is 0 Å². The smallest absolute Gasteiger partial charge is 0.133 e. The Morgan fingerprint density at radius 2 is 1.93 bits per heavy atom. The third kappa shape index (κ3) is 8.52. The third-order valence-electron chi connectivity index (χ3n) is 1.54. The highest BCUT2D eigenvalue weighted by molar-refractivity contribution is 9.11. The first-order valence-electron chi connectivity index (χ1n) is 4.59. The lowest BCUT2D eigenvalue weighted by Crippen LogP contribution is -1.94. The van der Waals surface area contributed by atoms with Gasteiger partial charge < -0.3 is 4.74 Å². The van der Waals surface area contributed by atoms with Gasteiger partial charge in [-0.15, -0.1) is 6.58 Å². The number of halogens is 2. The van der Waals surface area contributed by atoms with Crippen LogP contribution in [0.1, 0.15) is 20.3 Å². The lowest BCUT2D eigenvalue weighted by atomic mass is 10.3. The molecule has 0 radical (unpaired) electrons. The molecule has 0 aliphatic heterocycles. The summed E-state index contributed by atoms with van der Waals surface area (Å²) in [6.07, 6.45) is 4.41. The standard InChI is InChI=1S/C12H16BrClO/c1-9(2)7-8-15-12(11(4)14)6-5-10(3)13/h5-6H,1,3,7-8H2,2,4H3. The summed E-state index contributed by atoms with van der Waals surface area (Å²) in [4.78, 5) is 0. The summed E-state index contributed by atoms with van der Waals surface area (Å²) in [6, 6.07) is 0. The van der Waals surface area contributed by atoms with Gasteiger partial charge >= 0.3 is 0 Å². The zero-order valence-corrected chi connectivity index (χ0v) is 11.5. The van der Waals surface area contributed by atoms with Crippen LogP contribution in [0, 0.1) is 0 Å². The van der Waals surface area contributed by atoms with E-state index in [0.717, 1.165) is 16.5 Å². The number of hydrogen-bond acceptors (Lipinski definition) is 1. The highest BCUT2D eigenvalue weighted by Crippen LogP contribution is 2.14. The SMILES string of the molecule is C=C(Br)C=CC(OCCC(=C)C)=C(C)Cl. The Bertz CT molecular complexity index is 299. The maximum Gasteiger partial charge on any atom is 0.133 e. The van der Waals surface area contributed by atoms with Crippen molar-refractivity contribution in [1.29, 1.82) is 0 Å². The Morgan fingerprint density at radius 3 is 2.33 bits per heavy atom. The Balaban J connectivity index is 4.26. The van der Waals surface area contributed by atoms with Crippen molar-refractivity contribution in [2.45, 2.75) is 20.3 Å². The molecule has 3 heteroatoms. The fraction of sp³-hybridized carbons (Fsp3) is 0.333.